The van der Waals surface area contributed by atoms with E-state index in [-0.39, 0.29) is 18.3 Å². The van der Waals surface area contributed by atoms with Crippen LogP contribution in [0.4, 0.5) is 4.39 Å². The van der Waals surface area contributed by atoms with Crippen LogP contribution in [0.5, 0.6) is 0 Å². The minimum Gasteiger partial charge on any atom is -0.480 e. The van der Waals surface area contributed by atoms with Gasteiger partial charge in [-0.05, 0) is 31.0 Å². The number of rotatable bonds is 4. The molecule has 0 bridgehead atoms. The van der Waals surface area contributed by atoms with Gasteiger partial charge in [-0.2, -0.15) is 0 Å². The number of piperazine rings is 1. The van der Waals surface area contributed by atoms with Crippen molar-refractivity contribution < 1.29 is 14.3 Å². The van der Waals surface area contributed by atoms with Crippen LogP contribution in [-0.4, -0.2) is 47.7 Å². The lowest BCUT2D eigenvalue weighted by Crippen LogP contribution is -2.55. The molecule has 2 rings (SSSR count). The number of carboxylic acids is 1. The van der Waals surface area contributed by atoms with Gasteiger partial charge in [-0.25, -0.2) is 4.39 Å². The van der Waals surface area contributed by atoms with E-state index >= 15 is 0 Å². The molecule has 0 spiro atoms. The summed E-state index contributed by atoms with van der Waals surface area (Å²) in [5.41, 5.74) is 1.31. The highest BCUT2D eigenvalue weighted by Crippen LogP contribution is 2.16. The van der Waals surface area contributed by atoms with Gasteiger partial charge in [0.1, 0.15) is 11.9 Å². The number of benzene rings is 1. The number of nitrogens with one attached hydrogen (secondary N) is 1. The average Bonchev–Trinajstić information content (AvgIpc) is 2.37. The van der Waals surface area contributed by atoms with E-state index < -0.39 is 12.0 Å². The van der Waals surface area contributed by atoms with Crippen LogP contribution in [0, 0.1) is 12.7 Å². The molecule has 1 aliphatic rings. The van der Waals surface area contributed by atoms with E-state index in [1.54, 1.807) is 6.07 Å². The summed E-state index contributed by atoms with van der Waals surface area (Å²) in [6.45, 7) is 5.96. The molecule has 4 nitrogen and oxygen atoms in total. The van der Waals surface area contributed by atoms with Crippen molar-refractivity contribution in [1.29, 1.82) is 0 Å². The van der Waals surface area contributed by atoms with Crippen LogP contribution in [0.15, 0.2) is 18.2 Å². The van der Waals surface area contributed by atoms with Gasteiger partial charge in [0.25, 0.3) is 0 Å². The van der Waals surface area contributed by atoms with Crippen LogP contribution in [-0.2, 0) is 11.2 Å². The number of hydrogen-bond acceptors (Lipinski definition) is 3. The molecular weight excluding hydrogens is 259 g/mol. The Hall–Kier alpha value is -1.46. The lowest BCUT2D eigenvalue weighted by molar-refractivity contribution is -0.143. The molecule has 1 heterocycles. The molecule has 0 amide bonds. The highest BCUT2D eigenvalue weighted by Gasteiger charge is 2.29. The Morgan fingerprint density at radius 2 is 2.35 bits per heavy atom. The van der Waals surface area contributed by atoms with Crippen LogP contribution >= 0.6 is 0 Å². The fourth-order valence-electron chi connectivity index (χ4n) is 2.64. The van der Waals surface area contributed by atoms with Crippen LogP contribution in [0.3, 0.4) is 0 Å². The van der Waals surface area contributed by atoms with E-state index in [1.807, 2.05) is 24.8 Å². The first-order valence-corrected chi connectivity index (χ1v) is 6.92. The monoisotopic (exact) mass is 280 g/mol. The van der Waals surface area contributed by atoms with Crippen molar-refractivity contribution in [2.24, 2.45) is 0 Å². The Labute approximate surface area is 118 Å². The van der Waals surface area contributed by atoms with E-state index in [2.05, 4.69) is 5.32 Å². The maximum Gasteiger partial charge on any atom is 0.321 e. The van der Waals surface area contributed by atoms with Crippen LogP contribution < -0.4 is 5.32 Å². The molecule has 0 radical (unpaired) electrons. The first-order valence-electron chi connectivity index (χ1n) is 6.92. The first kappa shape index (κ1) is 14.9. The Bertz CT molecular complexity index is 493. The molecular formula is C15H21FN2O2. The molecule has 0 aliphatic carbocycles. The van der Waals surface area contributed by atoms with Gasteiger partial charge < -0.3 is 10.4 Å². The predicted molar refractivity (Wildman–Crippen MR) is 75.3 cm³/mol. The number of carboxylic acid groups (broad SMARTS) is 1. The summed E-state index contributed by atoms with van der Waals surface area (Å²) in [6, 6.07) is 4.55. The number of carbonyl (C=O) groups is 1. The molecule has 110 valence electrons. The second kappa shape index (κ2) is 6.33. The van der Waals surface area contributed by atoms with E-state index in [4.69, 9.17) is 0 Å². The second-order valence-corrected chi connectivity index (χ2v) is 5.50. The SMILES string of the molecule is Cc1ccc(C[C@@H](C(=O)O)N2CCN[C@@H](C)C2)c(F)c1. The van der Waals surface area contributed by atoms with Crippen molar-refractivity contribution >= 4 is 5.97 Å². The largest absolute Gasteiger partial charge is 0.480 e. The van der Waals surface area contributed by atoms with Gasteiger partial charge in [-0.3, -0.25) is 9.69 Å². The molecule has 2 atom stereocenters. The third-order valence-corrected chi connectivity index (χ3v) is 3.75. The minimum absolute atomic E-state index is 0.203. The lowest BCUT2D eigenvalue weighted by Gasteiger charge is -2.35. The Morgan fingerprint density at radius 1 is 1.60 bits per heavy atom. The predicted octanol–water partition coefficient (Wildman–Crippen LogP) is 1.42. The van der Waals surface area contributed by atoms with Gasteiger partial charge >= 0.3 is 5.97 Å². The maximum atomic E-state index is 13.9. The Balaban J connectivity index is 2.14. The fourth-order valence-corrected chi connectivity index (χ4v) is 2.64. The summed E-state index contributed by atoms with van der Waals surface area (Å²) in [6.07, 6.45) is 0.203. The fraction of sp³-hybridized carbons (Fsp3) is 0.533. The average molecular weight is 280 g/mol. The van der Waals surface area contributed by atoms with Gasteiger partial charge in [0.2, 0.25) is 0 Å². The Morgan fingerprint density at radius 3 is 2.95 bits per heavy atom. The molecule has 1 aromatic carbocycles. The van der Waals surface area contributed by atoms with Crippen molar-refractivity contribution in [3.05, 3.63) is 35.1 Å². The molecule has 0 unspecified atom stereocenters. The van der Waals surface area contributed by atoms with Gasteiger partial charge in [0.15, 0.2) is 0 Å². The van der Waals surface area contributed by atoms with E-state index in [1.165, 1.54) is 6.07 Å². The maximum absolute atomic E-state index is 13.9. The summed E-state index contributed by atoms with van der Waals surface area (Å²) in [4.78, 5) is 13.4. The molecule has 2 N–H and O–H groups in total. The highest BCUT2D eigenvalue weighted by atomic mass is 19.1. The topological polar surface area (TPSA) is 52.6 Å². The van der Waals surface area contributed by atoms with Crippen LogP contribution in [0.2, 0.25) is 0 Å². The normalized spacial score (nSPS) is 21.6. The Kier molecular flexibility index (Phi) is 4.73. The highest BCUT2D eigenvalue weighted by molar-refractivity contribution is 5.74. The summed E-state index contributed by atoms with van der Waals surface area (Å²) < 4.78 is 13.9. The quantitative estimate of drug-likeness (QED) is 0.876. The summed E-state index contributed by atoms with van der Waals surface area (Å²) in [5.74, 6) is -1.21. The van der Waals surface area contributed by atoms with Crippen molar-refractivity contribution in [3.63, 3.8) is 0 Å². The standard InChI is InChI=1S/C15H21FN2O2/c1-10-3-4-12(13(16)7-10)8-14(15(19)20)18-6-5-17-11(2)9-18/h3-4,7,11,14,17H,5-6,8-9H2,1-2H3,(H,19,20)/t11-,14-/m0/s1. The molecule has 1 saturated heterocycles. The number of aryl methyl sites for hydroxylation is 1. The molecule has 1 aromatic rings. The van der Waals surface area contributed by atoms with Crippen LogP contribution in [0.25, 0.3) is 0 Å². The van der Waals surface area contributed by atoms with Crippen molar-refractivity contribution in [1.82, 2.24) is 10.2 Å². The second-order valence-electron chi connectivity index (χ2n) is 5.50. The lowest BCUT2D eigenvalue weighted by atomic mass is 10.0. The zero-order valence-corrected chi connectivity index (χ0v) is 11.9. The number of halogens is 1. The molecule has 0 aromatic heterocycles. The van der Waals surface area contributed by atoms with Gasteiger partial charge in [-0.1, -0.05) is 12.1 Å². The molecule has 1 fully saturated rings. The number of hydrogen-bond donors (Lipinski definition) is 2. The zero-order chi connectivity index (χ0) is 14.7. The van der Waals surface area contributed by atoms with Crippen molar-refractivity contribution in [2.45, 2.75) is 32.4 Å². The summed E-state index contributed by atoms with van der Waals surface area (Å²) >= 11 is 0. The van der Waals surface area contributed by atoms with Gasteiger partial charge in [0.05, 0.1) is 0 Å². The summed E-state index contributed by atoms with van der Waals surface area (Å²) in [7, 11) is 0. The molecule has 0 saturated carbocycles. The van der Waals surface area contributed by atoms with Gasteiger partial charge in [0, 0.05) is 32.1 Å². The van der Waals surface area contributed by atoms with E-state index in [0.29, 0.717) is 18.7 Å². The third kappa shape index (κ3) is 3.55. The van der Waals surface area contributed by atoms with Crippen molar-refractivity contribution in [2.75, 3.05) is 19.6 Å². The van der Waals surface area contributed by atoms with E-state index in [0.717, 1.165) is 12.1 Å². The third-order valence-electron chi connectivity index (χ3n) is 3.75. The smallest absolute Gasteiger partial charge is 0.321 e. The van der Waals surface area contributed by atoms with Crippen LogP contribution in [0.1, 0.15) is 18.1 Å². The van der Waals surface area contributed by atoms with Crippen molar-refractivity contribution in [3.8, 4) is 0 Å². The molecule has 20 heavy (non-hydrogen) atoms. The minimum atomic E-state index is -0.890. The first-order chi connectivity index (χ1) is 9.47. The molecule has 5 heteroatoms. The van der Waals surface area contributed by atoms with E-state index in [9.17, 15) is 14.3 Å². The number of nitrogens with zero attached hydrogens (tertiary/aromatic N) is 1. The summed E-state index contributed by atoms with van der Waals surface area (Å²) in [5, 5.41) is 12.7. The number of aliphatic carboxylic acids is 1. The zero-order valence-electron chi connectivity index (χ0n) is 11.9. The van der Waals surface area contributed by atoms with Gasteiger partial charge in [-0.15, -0.1) is 0 Å². The molecule has 1 aliphatic heterocycles.